The lowest BCUT2D eigenvalue weighted by Gasteiger charge is -2.32. The zero-order valence-electron chi connectivity index (χ0n) is 13.8. The number of pyridine rings is 1. The third-order valence-electron chi connectivity index (χ3n) is 5.01. The Balaban J connectivity index is 1.34. The highest BCUT2D eigenvalue weighted by atomic mass is 19.4. The molecule has 4 rings (SSSR count). The van der Waals surface area contributed by atoms with Crippen molar-refractivity contribution < 1.29 is 13.2 Å². The van der Waals surface area contributed by atoms with Crippen LogP contribution >= 0.6 is 0 Å². The SMILES string of the molecule is FC(F)(F)c1ccnc(N2CCC(Cn3cc(C4CC4)nn3)CC2)c1. The van der Waals surface area contributed by atoms with Crippen LogP contribution in [0.3, 0.4) is 0 Å². The van der Waals surface area contributed by atoms with Gasteiger partial charge < -0.3 is 4.90 Å². The normalized spacial score (nSPS) is 19.4. The molecule has 2 fully saturated rings. The molecule has 1 saturated heterocycles. The van der Waals surface area contributed by atoms with Crippen molar-refractivity contribution in [1.82, 2.24) is 20.0 Å². The molecule has 0 aromatic carbocycles. The summed E-state index contributed by atoms with van der Waals surface area (Å²) in [4.78, 5) is 6.05. The van der Waals surface area contributed by atoms with Gasteiger partial charge in [-0.3, -0.25) is 4.68 Å². The van der Waals surface area contributed by atoms with Gasteiger partial charge in [0, 0.05) is 37.9 Å². The molecule has 1 aliphatic carbocycles. The van der Waals surface area contributed by atoms with Gasteiger partial charge in [-0.25, -0.2) is 4.98 Å². The Morgan fingerprint density at radius 1 is 1.12 bits per heavy atom. The minimum absolute atomic E-state index is 0.407. The fourth-order valence-electron chi connectivity index (χ4n) is 3.35. The largest absolute Gasteiger partial charge is 0.416 e. The van der Waals surface area contributed by atoms with Crippen molar-refractivity contribution in [3.63, 3.8) is 0 Å². The molecule has 3 heterocycles. The predicted molar refractivity (Wildman–Crippen MR) is 86.2 cm³/mol. The molecule has 0 unspecified atom stereocenters. The number of aromatic nitrogens is 4. The van der Waals surface area contributed by atoms with Crippen LogP contribution in [-0.4, -0.2) is 33.1 Å². The minimum atomic E-state index is -4.33. The first kappa shape index (κ1) is 16.4. The monoisotopic (exact) mass is 351 g/mol. The second-order valence-electron chi connectivity index (χ2n) is 6.97. The number of rotatable bonds is 4. The summed E-state index contributed by atoms with van der Waals surface area (Å²) in [7, 11) is 0. The quantitative estimate of drug-likeness (QED) is 0.846. The van der Waals surface area contributed by atoms with Gasteiger partial charge in [-0.05, 0) is 43.7 Å². The van der Waals surface area contributed by atoms with E-state index in [4.69, 9.17) is 0 Å². The standard InChI is InChI=1S/C17H20F3N5/c18-17(19,20)14-3-6-21-16(9-14)24-7-4-12(5-8-24)10-25-11-15(22-23-25)13-1-2-13/h3,6,9,11-13H,1-2,4-5,7-8,10H2. The predicted octanol–water partition coefficient (Wildman–Crippen LogP) is 3.49. The summed E-state index contributed by atoms with van der Waals surface area (Å²) in [6.07, 6.45) is 3.19. The third kappa shape index (κ3) is 3.77. The van der Waals surface area contributed by atoms with E-state index in [9.17, 15) is 13.2 Å². The molecule has 1 saturated carbocycles. The number of nitrogens with zero attached hydrogens (tertiary/aromatic N) is 5. The lowest BCUT2D eigenvalue weighted by atomic mass is 9.97. The van der Waals surface area contributed by atoms with E-state index in [2.05, 4.69) is 15.3 Å². The van der Waals surface area contributed by atoms with Crippen LogP contribution in [0.25, 0.3) is 0 Å². The molecule has 0 N–H and O–H groups in total. The number of anilines is 1. The third-order valence-corrected chi connectivity index (χ3v) is 5.01. The molecule has 25 heavy (non-hydrogen) atoms. The van der Waals surface area contributed by atoms with Crippen molar-refractivity contribution in [3.05, 3.63) is 35.8 Å². The summed E-state index contributed by atoms with van der Waals surface area (Å²) in [5.41, 5.74) is 0.445. The van der Waals surface area contributed by atoms with Crippen LogP contribution in [0.2, 0.25) is 0 Å². The van der Waals surface area contributed by atoms with Crippen LogP contribution in [0.5, 0.6) is 0 Å². The van der Waals surface area contributed by atoms with E-state index in [1.165, 1.54) is 19.0 Å². The molecule has 0 amide bonds. The number of hydrogen-bond acceptors (Lipinski definition) is 4. The lowest BCUT2D eigenvalue weighted by molar-refractivity contribution is -0.137. The Morgan fingerprint density at radius 3 is 2.56 bits per heavy atom. The number of alkyl halides is 3. The minimum Gasteiger partial charge on any atom is -0.357 e. The van der Waals surface area contributed by atoms with E-state index in [0.717, 1.165) is 37.2 Å². The van der Waals surface area contributed by atoms with Gasteiger partial charge in [0.1, 0.15) is 5.82 Å². The zero-order valence-corrected chi connectivity index (χ0v) is 13.8. The molecule has 0 atom stereocenters. The highest BCUT2D eigenvalue weighted by Crippen LogP contribution is 2.38. The average Bonchev–Trinajstić information content (AvgIpc) is 3.35. The Bertz CT molecular complexity index is 730. The molecule has 2 aromatic heterocycles. The molecule has 0 bridgehead atoms. The van der Waals surface area contributed by atoms with Gasteiger partial charge in [0.25, 0.3) is 0 Å². The van der Waals surface area contributed by atoms with Crippen molar-refractivity contribution in [3.8, 4) is 0 Å². The molecule has 0 radical (unpaired) electrons. The van der Waals surface area contributed by atoms with E-state index in [1.54, 1.807) is 0 Å². The average molecular weight is 351 g/mol. The fraction of sp³-hybridized carbons (Fsp3) is 0.588. The molecular formula is C17H20F3N5. The van der Waals surface area contributed by atoms with Crippen molar-refractivity contribution in [2.24, 2.45) is 5.92 Å². The second-order valence-corrected chi connectivity index (χ2v) is 6.97. The second kappa shape index (κ2) is 6.31. The summed E-state index contributed by atoms with van der Waals surface area (Å²) < 4.78 is 40.4. The molecule has 8 heteroatoms. The number of halogens is 3. The summed E-state index contributed by atoms with van der Waals surface area (Å²) in [5.74, 6) is 1.48. The van der Waals surface area contributed by atoms with Gasteiger partial charge in [-0.15, -0.1) is 5.10 Å². The first-order valence-electron chi connectivity index (χ1n) is 8.67. The van der Waals surface area contributed by atoms with Crippen LogP contribution in [0, 0.1) is 5.92 Å². The van der Waals surface area contributed by atoms with E-state index >= 15 is 0 Å². The number of hydrogen-bond donors (Lipinski definition) is 0. The Labute approximate surface area is 143 Å². The molecule has 0 spiro atoms. The smallest absolute Gasteiger partial charge is 0.357 e. The molecule has 2 aromatic rings. The van der Waals surface area contributed by atoms with Crippen molar-refractivity contribution in [2.75, 3.05) is 18.0 Å². The summed E-state index contributed by atoms with van der Waals surface area (Å²) in [5, 5.41) is 8.43. The van der Waals surface area contributed by atoms with E-state index in [-0.39, 0.29) is 0 Å². The first-order chi connectivity index (χ1) is 12.0. The van der Waals surface area contributed by atoms with Gasteiger partial charge in [-0.2, -0.15) is 13.2 Å². The van der Waals surface area contributed by atoms with Crippen LogP contribution in [0.15, 0.2) is 24.5 Å². The maximum atomic E-state index is 12.8. The Morgan fingerprint density at radius 2 is 1.88 bits per heavy atom. The van der Waals surface area contributed by atoms with E-state index in [0.29, 0.717) is 30.7 Å². The highest BCUT2D eigenvalue weighted by molar-refractivity contribution is 5.42. The van der Waals surface area contributed by atoms with Crippen LogP contribution in [-0.2, 0) is 12.7 Å². The zero-order chi connectivity index (χ0) is 17.4. The van der Waals surface area contributed by atoms with Crippen LogP contribution in [0.1, 0.15) is 42.9 Å². The molecule has 5 nitrogen and oxygen atoms in total. The van der Waals surface area contributed by atoms with Gasteiger partial charge in [0.05, 0.1) is 11.3 Å². The van der Waals surface area contributed by atoms with Crippen LogP contribution < -0.4 is 4.90 Å². The highest BCUT2D eigenvalue weighted by Gasteiger charge is 2.32. The van der Waals surface area contributed by atoms with Gasteiger partial charge in [-0.1, -0.05) is 5.21 Å². The van der Waals surface area contributed by atoms with Crippen molar-refractivity contribution >= 4 is 5.82 Å². The fourth-order valence-corrected chi connectivity index (χ4v) is 3.35. The van der Waals surface area contributed by atoms with Crippen LogP contribution in [0.4, 0.5) is 19.0 Å². The first-order valence-corrected chi connectivity index (χ1v) is 8.67. The van der Waals surface area contributed by atoms with E-state index in [1.807, 2.05) is 15.8 Å². The lowest BCUT2D eigenvalue weighted by Crippen LogP contribution is -2.35. The van der Waals surface area contributed by atoms with E-state index < -0.39 is 11.7 Å². The summed E-state index contributed by atoms with van der Waals surface area (Å²) in [6.45, 7) is 2.25. The van der Waals surface area contributed by atoms with Gasteiger partial charge in [0.2, 0.25) is 0 Å². The summed E-state index contributed by atoms with van der Waals surface area (Å²) >= 11 is 0. The molecule has 2 aliphatic rings. The topological polar surface area (TPSA) is 46.8 Å². The Hall–Kier alpha value is -2.12. The summed E-state index contributed by atoms with van der Waals surface area (Å²) in [6, 6.07) is 2.15. The molecule has 134 valence electrons. The maximum absolute atomic E-state index is 12.8. The molecule has 1 aliphatic heterocycles. The Kier molecular flexibility index (Phi) is 4.13. The van der Waals surface area contributed by atoms with Gasteiger partial charge in [0.15, 0.2) is 0 Å². The maximum Gasteiger partial charge on any atom is 0.416 e. The number of piperidine rings is 1. The van der Waals surface area contributed by atoms with Crippen molar-refractivity contribution in [1.29, 1.82) is 0 Å². The van der Waals surface area contributed by atoms with Gasteiger partial charge >= 0.3 is 6.18 Å². The van der Waals surface area contributed by atoms with Crippen molar-refractivity contribution in [2.45, 2.75) is 44.3 Å². The molecular weight excluding hydrogens is 331 g/mol.